The van der Waals surface area contributed by atoms with E-state index < -0.39 is 36.0 Å². The van der Waals surface area contributed by atoms with E-state index in [9.17, 15) is 31.1 Å². The summed E-state index contributed by atoms with van der Waals surface area (Å²) < 4.78 is 74.9. The number of hydroxylamine groups is 2. The third-order valence-corrected chi connectivity index (χ3v) is 1.59. The van der Waals surface area contributed by atoms with Crippen LogP contribution in [0.15, 0.2) is 0 Å². The van der Waals surface area contributed by atoms with Gasteiger partial charge in [0, 0.05) is 6.92 Å². The van der Waals surface area contributed by atoms with E-state index in [1.165, 1.54) is 0 Å². The fourth-order valence-electron chi connectivity index (χ4n) is 0.878. The van der Waals surface area contributed by atoms with Crippen LogP contribution in [0.2, 0.25) is 0 Å². The largest absolute Gasteiger partial charge is 0.463 e. The molecular formula is C6H7F6NO3. The van der Waals surface area contributed by atoms with E-state index in [2.05, 4.69) is 4.84 Å². The summed E-state index contributed by atoms with van der Waals surface area (Å²) in [5.41, 5.74) is 0. The minimum Gasteiger partial charge on any atom is -0.463 e. The fourth-order valence-corrected chi connectivity index (χ4v) is 0.878. The zero-order valence-electron chi connectivity index (χ0n) is 7.98. The topological polar surface area (TPSA) is 49.8 Å². The molecule has 0 aromatic rings. The molecule has 1 atom stereocenters. The first kappa shape index (κ1) is 14.8. The molecule has 0 bridgehead atoms. The molecule has 4 nitrogen and oxygen atoms in total. The van der Waals surface area contributed by atoms with Gasteiger partial charge in [0.05, 0.1) is 7.11 Å². The normalized spacial score (nSPS) is 16.8. The number of alkyl halides is 6. The minimum absolute atomic E-state index is 0.319. The van der Waals surface area contributed by atoms with Gasteiger partial charge in [-0.2, -0.15) is 17.6 Å². The van der Waals surface area contributed by atoms with Crippen molar-refractivity contribution in [1.29, 1.82) is 0 Å². The van der Waals surface area contributed by atoms with E-state index in [4.69, 9.17) is 5.11 Å². The van der Waals surface area contributed by atoms with Crippen LogP contribution in [0.3, 0.4) is 0 Å². The number of amides is 1. The lowest BCUT2D eigenvalue weighted by molar-refractivity contribution is -0.395. The lowest BCUT2D eigenvalue weighted by Gasteiger charge is -2.37. The third kappa shape index (κ3) is 2.15. The van der Waals surface area contributed by atoms with Gasteiger partial charge in [-0.05, 0) is 0 Å². The van der Waals surface area contributed by atoms with E-state index in [1.54, 1.807) is 0 Å². The van der Waals surface area contributed by atoms with Gasteiger partial charge in [0.1, 0.15) is 0 Å². The highest BCUT2D eigenvalue weighted by Crippen LogP contribution is 2.47. The van der Waals surface area contributed by atoms with Crippen LogP contribution in [0.1, 0.15) is 6.92 Å². The summed E-state index contributed by atoms with van der Waals surface area (Å²) in [6, 6.07) is 0. The van der Waals surface area contributed by atoms with Gasteiger partial charge in [-0.1, -0.05) is 0 Å². The molecule has 0 aromatic carbocycles. The molecule has 0 heterocycles. The minimum atomic E-state index is -6.15. The Hall–Kier alpha value is -1.19. The zero-order valence-corrected chi connectivity index (χ0v) is 7.98. The number of hydrogen-bond acceptors (Lipinski definition) is 2. The summed E-state index contributed by atoms with van der Waals surface area (Å²) in [6.07, 6.45) is -8.79. The standard InChI is InChI=1S/C6H7F6NO3/c1-4(7,8)5(9,6(10,11)12)13(16-2)3(14)15/h1-2H3,(H,14,15). The summed E-state index contributed by atoms with van der Waals surface area (Å²) in [7, 11) is 0.319. The third-order valence-electron chi connectivity index (χ3n) is 1.59. The number of carbonyl (C=O) groups is 1. The molecule has 96 valence electrons. The van der Waals surface area contributed by atoms with Crippen LogP contribution in [0.25, 0.3) is 0 Å². The second-order valence-electron chi connectivity index (χ2n) is 2.77. The molecule has 0 saturated heterocycles. The number of carboxylic acid groups (broad SMARTS) is 1. The maximum Gasteiger partial charge on any atom is 0.450 e. The molecule has 0 aliphatic carbocycles. The molecule has 0 radical (unpaired) electrons. The number of nitrogens with zero attached hydrogens (tertiary/aromatic N) is 1. The molecule has 0 fully saturated rings. The van der Waals surface area contributed by atoms with Gasteiger partial charge >= 0.3 is 24.0 Å². The lowest BCUT2D eigenvalue weighted by atomic mass is 10.1. The van der Waals surface area contributed by atoms with Crippen LogP contribution in [0, 0.1) is 0 Å². The maximum atomic E-state index is 13.3. The monoisotopic (exact) mass is 255 g/mol. The van der Waals surface area contributed by atoms with Crippen molar-refractivity contribution in [3.05, 3.63) is 0 Å². The van der Waals surface area contributed by atoms with Crippen molar-refractivity contribution in [3.63, 3.8) is 0 Å². The Bertz CT molecular complexity index is 258. The number of hydrogen-bond donors (Lipinski definition) is 1. The highest BCUT2D eigenvalue weighted by molar-refractivity contribution is 5.64. The molecule has 16 heavy (non-hydrogen) atoms. The second-order valence-corrected chi connectivity index (χ2v) is 2.77. The van der Waals surface area contributed by atoms with Gasteiger partial charge in [-0.3, -0.25) is 4.84 Å². The molecule has 0 aromatic heterocycles. The summed E-state index contributed by atoms with van der Waals surface area (Å²) in [4.78, 5) is 13.7. The average molecular weight is 255 g/mol. The molecule has 0 saturated carbocycles. The van der Waals surface area contributed by atoms with Crippen molar-refractivity contribution in [2.24, 2.45) is 0 Å². The zero-order chi connectivity index (χ0) is 13.4. The van der Waals surface area contributed by atoms with Crippen molar-refractivity contribution < 1.29 is 41.1 Å². The summed E-state index contributed by atoms with van der Waals surface area (Å²) in [5.74, 6) is -10.5. The summed E-state index contributed by atoms with van der Waals surface area (Å²) in [6.45, 7) is -0.407. The Morgan fingerprint density at radius 1 is 1.19 bits per heavy atom. The molecular weight excluding hydrogens is 248 g/mol. The smallest absolute Gasteiger partial charge is 0.450 e. The van der Waals surface area contributed by atoms with E-state index in [1.807, 2.05) is 0 Å². The van der Waals surface area contributed by atoms with Gasteiger partial charge < -0.3 is 5.11 Å². The average Bonchev–Trinajstić information content (AvgIpc) is 1.99. The highest BCUT2D eigenvalue weighted by Gasteiger charge is 2.75. The van der Waals surface area contributed by atoms with Gasteiger partial charge in [-0.25, -0.2) is 13.6 Å². The summed E-state index contributed by atoms with van der Waals surface area (Å²) in [5, 5.41) is 6.68. The quantitative estimate of drug-likeness (QED) is 0.478. The fraction of sp³-hybridized carbons (Fsp3) is 0.833. The van der Waals surface area contributed by atoms with E-state index in [0.717, 1.165) is 0 Å². The molecule has 1 amide bonds. The van der Waals surface area contributed by atoms with Gasteiger partial charge in [0.25, 0.3) is 0 Å². The highest BCUT2D eigenvalue weighted by atomic mass is 19.4. The Balaban J connectivity index is 5.68. The SMILES string of the molecule is CON(C(=O)O)C(F)(C(C)(F)F)C(F)(F)F. The van der Waals surface area contributed by atoms with Crippen LogP contribution in [0.4, 0.5) is 31.1 Å². The predicted octanol–water partition coefficient (Wildman–Crippen LogP) is 2.41. The van der Waals surface area contributed by atoms with Crippen LogP contribution in [-0.2, 0) is 4.84 Å². The first-order chi connectivity index (χ1) is 6.89. The van der Waals surface area contributed by atoms with E-state index in [0.29, 0.717) is 7.11 Å². The van der Waals surface area contributed by atoms with Gasteiger partial charge in [-0.15, -0.1) is 5.06 Å². The van der Waals surface area contributed by atoms with Crippen molar-refractivity contribution >= 4 is 6.09 Å². The van der Waals surface area contributed by atoms with Crippen LogP contribution >= 0.6 is 0 Å². The first-order valence-corrected chi connectivity index (χ1v) is 3.60. The van der Waals surface area contributed by atoms with E-state index in [-0.39, 0.29) is 0 Å². The van der Waals surface area contributed by atoms with Crippen molar-refractivity contribution in [2.75, 3.05) is 7.11 Å². The maximum absolute atomic E-state index is 13.3. The molecule has 0 rings (SSSR count). The lowest BCUT2D eigenvalue weighted by Crippen LogP contribution is -2.65. The molecule has 10 heteroatoms. The Kier molecular flexibility index (Phi) is 3.70. The van der Waals surface area contributed by atoms with Crippen molar-refractivity contribution in [1.82, 2.24) is 5.06 Å². The molecule has 0 aliphatic rings. The van der Waals surface area contributed by atoms with Crippen LogP contribution in [0.5, 0.6) is 0 Å². The van der Waals surface area contributed by atoms with Crippen LogP contribution < -0.4 is 0 Å². The molecule has 0 aliphatic heterocycles. The second kappa shape index (κ2) is 4.00. The Morgan fingerprint density at radius 3 is 1.62 bits per heavy atom. The van der Waals surface area contributed by atoms with Gasteiger partial charge in [0.2, 0.25) is 0 Å². The van der Waals surface area contributed by atoms with Crippen LogP contribution in [-0.4, -0.2) is 41.3 Å². The first-order valence-electron chi connectivity index (χ1n) is 3.60. The molecule has 1 N–H and O–H groups in total. The molecule has 1 unspecified atom stereocenters. The predicted molar refractivity (Wildman–Crippen MR) is 37.4 cm³/mol. The van der Waals surface area contributed by atoms with Crippen molar-refractivity contribution in [2.45, 2.75) is 24.8 Å². The Labute approximate surface area is 85.3 Å². The number of halogens is 6. The summed E-state index contributed by atoms with van der Waals surface area (Å²) >= 11 is 0. The Morgan fingerprint density at radius 2 is 1.56 bits per heavy atom. The number of rotatable bonds is 3. The molecule has 0 spiro atoms. The van der Waals surface area contributed by atoms with Crippen molar-refractivity contribution in [3.8, 4) is 0 Å². The van der Waals surface area contributed by atoms with Gasteiger partial charge in [0.15, 0.2) is 0 Å². The van der Waals surface area contributed by atoms with E-state index >= 15 is 0 Å².